The van der Waals surface area contributed by atoms with Crippen molar-refractivity contribution in [2.45, 2.75) is 77.7 Å². The third-order valence-corrected chi connectivity index (χ3v) is 9.49. The number of thiazole rings is 1. The van der Waals surface area contributed by atoms with Crippen LogP contribution in [0.25, 0.3) is 0 Å². The van der Waals surface area contributed by atoms with Gasteiger partial charge in [-0.1, -0.05) is 13.0 Å². The first-order chi connectivity index (χ1) is 16.2. The van der Waals surface area contributed by atoms with Crippen LogP contribution in [0.5, 0.6) is 5.75 Å². The van der Waals surface area contributed by atoms with Gasteiger partial charge in [0.2, 0.25) is 5.91 Å². The second-order valence-electron chi connectivity index (χ2n) is 10.7. The maximum absolute atomic E-state index is 12.6. The van der Waals surface area contributed by atoms with E-state index < -0.39 is 0 Å². The molecule has 7 heteroatoms. The summed E-state index contributed by atoms with van der Waals surface area (Å²) in [5.41, 5.74) is 2.59. The molecule has 2 fully saturated rings. The second-order valence-corrected chi connectivity index (χ2v) is 11.9. The van der Waals surface area contributed by atoms with Crippen molar-refractivity contribution >= 4 is 28.3 Å². The van der Waals surface area contributed by atoms with Gasteiger partial charge in [0.15, 0.2) is 5.13 Å². The van der Waals surface area contributed by atoms with E-state index >= 15 is 0 Å². The number of aliphatic hydroxyl groups is 1. The Labute approximate surface area is 205 Å². The van der Waals surface area contributed by atoms with Crippen molar-refractivity contribution in [2.75, 3.05) is 5.32 Å². The Morgan fingerprint density at radius 1 is 1.32 bits per heavy atom. The molecule has 0 spiro atoms. The molecule has 5 rings (SSSR count). The molecule has 3 aliphatic rings. The number of carbonyl (C=O) groups is 2. The molecular formula is C27H34N2O4S. The lowest BCUT2D eigenvalue weighted by Gasteiger charge is -2.51. The number of amides is 1. The summed E-state index contributed by atoms with van der Waals surface area (Å²) in [6, 6.07) is 6.10. The number of hydrogen-bond donors (Lipinski definition) is 2. The molecule has 2 saturated carbocycles. The van der Waals surface area contributed by atoms with Gasteiger partial charge in [-0.2, -0.15) is 0 Å². The number of anilines is 1. The van der Waals surface area contributed by atoms with Gasteiger partial charge in [-0.05, 0) is 97.8 Å². The molecule has 2 aromatic rings. The molecule has 1 heterocycles. The molecular weight excluding hydrogens is 448 g/mol. The fraction of sp³-hybridized carbons (Fsp3) is 0.593. The maximum Gasteiger partial charge on any atom is 0.308 e. The van der Waals surface area contributed by atoms with Crippen LogP contribution in [0.2, 0.25) is 0 Å². The number of carbonyl (C=O) groups excluding carboxylic acids is 2. The standard InChI is InChI=1S/C27H34N2O4S/c1-15-14-28-26(34-15)29-24(32)9-5-18-13-23(31)27(3)11-10-21-20-8-6-19(33-16(2)30)12-17(20)4-7-22(21)25(18)27/h6,8,12,14,18,21-23,25,31H,4-5,7,9-11,13H2,1-3H3,(H,28,29,32)/t18?,21?,22?,23-,25?,27+/m0/s1. The number of fused-ring (bicyclic) bond motifs is 5. The number of hydrogen-bond acceptors (Lipinski definition) is 6. The van der Waals surface area contributed by atoms with Gasteiger partial charge in [-0.15, -0.1) is 11.3 Å². The molecule has 1 aromatic heterocycles. The molecule has 0 aliphatic heterocycles. The Morgan fingerprint density at radius 2 is 2.15 bits per heavy atom. The lowest BCUT2D eigenvalue weighted by molar-refractivity contribution is -0.131. The maximum atomic E-state index is 12.6. The fourth-order valence-corrected chi connectivity index (χ4v) is 7.93. The molecule has 6 atom stereocenters. The highest BCUT2D eigenvalue weighted by Gasteiger charge is 2.58. The first-order valence-corrected chi connectivity index (χ1v) is 13.3. The number of ether oxygens (including phenoxy) is 1. The minimum absolute atomic E-state index is 0.0109. The minimum Gasteiger partial charge on any atom is -0.427 e. The highest BCUT2D eigenvalue weighted by molar-refractivity contribution is 7.15. The molecule has 0 bridgehead atoms. The van der Waals surface area contributed by atoms with Crippen molar-refractivity contribution in [3.63, 3.8) is 0 Å². The van der Waals surface area contributed by atoms with Crippen molar-refractivity contribution in [3.8, 4) is 5.75 Å². The normalized spacial score (nSPS) is 31.8. The molecule has 0 radical (unpaired) electrons. The van der Waals surface area contributed by atoms with Gasteiger partial charge in [-0.25, -0.2) is 4.98 Å². The zero-order chi connectivity index (χ0) is 24.0. The Bertz CT molecular complexity index is 1100. The van der Waals surface area contributed by atoms with Crippen LogP contribution in [-0.4, -0.2) is 28.1 Å². The largest absolute Gasteiger partial charge is 0.427 e. The molecule has 3 aliphatic carbocycles. The van der Waals surface area contributed by atoms with Gasteiger partial charge < -0.3 is 15.2 Å². The first-order valence-electron chi connectivity index (χ1n) is 12.5. The average molecular weight is 483 g/mol. The topological polar surface area (TPSA) is 88.5 Å². The van der Waals surface area contributed by atoms with Crippen LogP contribution in [0.4, 0.5) is 5.13 Å². The summed E-state index contributed by atoms with van der Waals surface area (Å²) in [6.45, 7) is 5.69. The molecule has 6 nitrogen and oxygen atoms in total. The third kappa shape index (κ3) is 4.29. The quantitative estimate of drug-likeness (QED) is 0.449. The van der Waals surface area contributed by atoms with E-state index in [9.17, 15) is 14.7 Å². The Hall–Kier alpha value is -2.25. The summed E-state index contributed by atoms with van der Waals surface area (Å²) in [5, 5.41) is 14.7. The van der Waals surface area contributed by atoms with Gasteiger partial charge in [0.1, 0.15) is 5.75 Å². The van der Waals surface area contributed by atoms with Gasteiger partial charge in [0.25, 0.3) is 0 Å². The monoisotopic (exact) mass is 482 g/mol. The number of esters is 1. The molecule has 2 N–H and O–H groups in total. The first kappa shape index (κ1) is 23.5. The summed E-state index contributed by atoms with van der Waals surface area (Å²) in [7, 11) is 0. The zero-order valence-electron chi connectivity index (χ0n) is 20.2. The number of aryl methyl sites for hydroxylation is 2. The van der Waals surface area contributed by atoms with Crippen LogP contribution < -0.4 is 10.1 Å². The lowest BCUT2D eigenvalue weighted by atomic mass is 9.53. The molecule has 1 amide bonds. The summed E-state index contributed by atoms with van der Waals surface area (Å²) < 4.78 is 5.32. The Balaban J connectivity index is 1.32. The minimum atomic E-state index is -0.305. The number of aromatic nitrogens is 1. The average Bonchev–Trinajstić information content (AvgIpc) is 3.31. The number of benzene rings is 1. The van der Waals surface area contributed by atoms with E-state index in [0.717, 1.165) is 43.4 Å². The highest BCUT2D eigenvalue weighted by atomic mass is 32.1. The van der Waals surface area contributed by atoms with E-state index in [2.05, 4.69) is 23.3 Å². The van der Waals surface area contributed by atoms with E-state index in [1.807, 2.05) is 19.1 Å². The number of aliphatic hydroxyl groups excluding tert-OH is 1. The van der Waals surface area contributed by atoms with Gasteiger partial charge in [0.05, 0.1) is 6.10 Å². The van der Waals surface area contributed by atoms with E-state index in [0.29, 0.717) is 41.0 Å². The summed E-state index contributed by atoms with van der Waals surface area (Å²) in [5.74, 6) is 2.08. The van der Waals surface area contributed by atoms with Gasteiger partial charge in [0, 0.05) is 24.4 Å². The van der Waals surface area contributed by atoms with Crippen molar-refractivity contribution in [1.29, 1.82) is 0 Å². The number of nitrogens with one attached hydrogen (secondary N) is 1. The van der Waals surface area contributed by atoms with Crippen molar-refractivity contribution in [3.05, 3.63) is 40.4 Å². The second kappa shape index (κ2) is 9.08. The van der Waals surface area contributed by atoms with Crippen LogP contribution in [0, 0.1) is 30.1 Å². The van der Waals surface area contributed by atoms with Crippen LogP contribution in [-0.2, 0) is 16.0 Å². The van der Waals surface area contributed by atoms with Crippen LogP contribution in [0.15, 0.2) is 24.4 Å². The molecule has 1 aromatic carbocycles. The molecule has 182 valence electrons. The summed E-state index contributed by atoms with van der Waals surface area (Å²) in [4.78, 5) is 29.3. The Kier molecular flexibility index (Phi) is 6.27. The van der Waals surface area contributed by atoms with Crippen molar-refractivity contribution < 1.29 is 19.4 Å². The van der Waals surface area contributed by atoms with Gasteiger partial charge >= 0.3 is 5.97 Å². The number of nitrogens with zero attached hydrogens (tertiary/aromatic N) is 1. The van der Waals surface area contributed by atoms with Crippen molar-refractivity contribution in [1.82, 2.24) is 4.98 Å². The molecule has 4 unspecified atom stereocenters. The lowest BCUT2D eigenvalue weighted by Crippen LogP contribution is -2.45. The smallest absolute Gasteiger partial charge is 0.308 e. The van der Waals surface area contributed by atoms with Crippen molar-refractivity contribution in [2.24, 2.45) is 23.2 Å². The van der Waals surface area contributed by atoms with E-state index in [4.69, 9.17) is 4.74 Å². The molecule has 0 saturated heterocycles. The zero-order valence-corrected chi connectivity index (χ0v) is 21.0. The van der Waals surface area contributed by atoms with Crippen LogP contribution in [0.1, 0.15) is 74.3 Å². The highest BCUT2D eigenvalue weighted by Crippen LogP contribution is 2.63. The SMILES string of the molecule is CC(=O)Oc1ccc2c(c1)CCC1C2CC[C@@]2(C)C1C(CCC(=O)Nc1ncc(C)s1)C[C@@H]2O. The summed E-state index contributed by atoms with van der Waals surface area (Å²) in [6.07, 6.45) is 7.64. The Morgan fingerprint density at radius 3 is 2.88 bits per heavy atom. The van der Waals surface area contributed by atoms with Gasteiger partial charge in [-0.3, -0.25) is 9.59 Å². The van der Waals surface area contributed by atoms with E-state index in [1.54, 1.807) is 6.20 Å². The summed E-state index contributed by atoms with van der Waals surface area (Å²) >= 11 is 1.49. The fourth-order valence-electron chi connectivity index (χ4n) is 7.25. The third-order valence-electron chi connectivity index (χ3n) is 8.66. The predicted molar refractivity (Wildman–Crippen MR) is 132 cm³/mol. The van der Waals surface area contributed by atoms with Crippen LogP contribution in [0.3, 0.4) is 0 Å². The predicted octanol–water partition coefficient (Wildman–Crippen LogP) is 5.24. The number of rotatable bonds is 5. The molecule has 34 heavy (non-hydrogen) atoms. The van der Waals surface area contributed by atoms with E-state index in [1.165, 1.54) is 29.4 Å². The van der Waals surface area contributed by atoms with E-state index in [-0.39, 0.29) is 23.4 Å². The van der Waals surface area contributed by atoms with Crippen LogP contribution >= 0.6 is 11.3 Å².